The van der Waals surface area contributed by atoms with E-state index in [1.807, 2.05) is 24.3 Å². The number of hydrogen-bond donors (Lipinski definition) is 0. The van der Waals surface area contributed by atoms with Gasteiger partial charge in [0.25, 0.3) is 0 Å². The number of carbonyl (C=O) groups is 1. The van der Waals surface area contributed by atoms with Crippen molar-refractivity contribution in [1.29, 1.82) is 0 Å². The van der Waals surface area contributed by atoms with E-state index in [9.17, 15) is 4.79 Å². The van der Waals surface area contributed by atoms with Crippen molar-refractivity contribution in [2.45, 2.75) is 59.3 Å². The maximum Gasteiger partial charge on any atom is 0.338 e. The number of anilines is 1. The van der Waals surface area contributed by atoms with Gasteiger partial charge in [0.05, 0.1) is 17.9 Å². The molecule has 37 heavy (non-hydrogen) atoms. The molecule has 1 aliphatic rings. The van der Waals surface area contributed by atoms with E-state index in [0.29, 0.717) is 12.2 Å². The second kappa shape index (κ2) is 12.5. The van der Waals surface area contributed by atoms with E-state index in [0.717, 1.165) is 87.2 Å². The Morgan fingerprint density at radius 1 is 0.892 bits per heavy atom. The lowest BCUT2D eigenvalue weighted by Crippen LogP contribution is -2.23. The lowest BCUT2D eigenvalue weighted by molar-refractivity contribution is 0.0496. The highest BCUT2D eigenvalue weighted by Gasteiger charge is 2.33. The van der Waals surface area contributed by atoms with Gasteiger partial charge in [-0.3, -0.25) is 0 Å². The van der Waals surface area contributed by atoms with Crippen molar-refractivity contribution in [3.05, 3.63) is 85.3 Å². The molecule has 0 amide bonds. The van der Waals surface area contributed by atoms with Crippen LogP contribution in [0.5, 0.6) is 11.5 Å². The number of aryl methyl sites for hydroxylation is 1. The Morgan fingerprint density at radius 2 is 1.57 bits per heavy atom. The molecule has 6 heteroatoms. The zero-order chi connectivity index (χ0) is 26.5. The number of hydrogen-bond acceptors (Lipinski definition) is 4. The van der Waals surface area contributed by atoms with Crippen LogP contribution in [0.4, 0.5) is 5.69 Å². The molecule has 1 unspecified atom stereocenters. The van der Waals surface area contributed by atoms with Crippen LogP contribution in [0.1, 0.15) is 85.0 Å². The minimum atomic E-state index is -0.272. The lowest BCUT2D eigenvalue weighted by Gasteiger charge is -2.32. The van der Waals surface area contributed by atoms with E-state index >= 15 is 0 Å². The first-order valence-corrected chi connectivity index (χ1v) is 14.8. The van der Waals surface area contributed by atoms with Crippen molar-refractivity contribution >= 4 is 43.5 Å². The zero-order valence-corrected chi connectivity index (χ0v) is 25.2. The fourth-order valence-electron chi connectivity index (χ4n) is 4.99. The summed E-state index contributed by atoms with van der Waals surface area (Å²) in [6.45, 7) is 10.8. The average Bonchev–Trinajstić information content (AvgIpc) is 2.89. The van der Waals surface area contributed by atoms with Gasteiger partial charge in [0.15, 0.2) is 0 Å². The molecule has 1 heterocycles. The van der Waals surface area contributed by atoms with Gasteiger partial charge < -0.3 is 14.4 Å². The summed E-state index contributed by atoms with van der Waals surface area (Å²) in [5.74, 6) is 1.18. The van der Waals surface area contributed by atoms with Gasteiger partial charge in [-0.1, -0.05) is 60.3 Å². The van der Waals surface area contributed by atoms with E-state index in [4.69, 9.17) is 9.47 Å². The van der Waals surface area contributed by atoms with Crippen molar-refractivity contribution in [3.8, 4) is 11.5 Å². The Labute approximate surface area is 237 Å². The number of halogens is 2. The molecule has 0 spiro atoms. The molecular formula is C31H35Br2NO3. The van der Waals surface area contributed by atoms with Crippen molar-refractivity contribution in [1.82, 2.24) is 0 Å². The van der Waals surface area contributed by atoms with Crippen LogP contribution in [0.15, 0.2) is 57.5 Å². The monoisotopic (exact) mass is 627 g/mol. The summed E-state index contributed by atoms with van der Waals surface area (Å²) < 4.78 is 14.3. The van der Waals surface area contributed by atoms with E-state index in [2.05, 4.69) is 88.7 Å². The van der Waals surface area contributed by atoms with Crippen LogP contribution in [0.3, 0.4) is 0 Å². The van der Waals surface area contributed by atoms with Gasteiger partial charge in [0.2, 0.25) is 0 Å². The van der Waals surface area contributed by atoms with Crippen molar-refractivity contribution < 1.29 is 14.3 Å². The molecule has 1 atom stereocenters. The van der Waals surface area contributed by atoms with Gasteiger partial charge in [-0.05, 0) is 78.5 Å². The average molecular weight is 629 g/mol. The standard InChI is InChI=1S/C31H35Br2NO3/c1-5-8-9-12-15-36-31(35)22-14-11-10-13-21(22)30-23-17-25(32)20(4)16-28(23)37-29-19-27(34(6-2)7-3)26(33)18-24(29)30/h10-11,13-14,16-19,30H,5-9,12,15H2,1-4H3. The Morgan fingerprint density at radius 3 is 2.27 bits per heavy atom. The quantitative estimate of drug-likeness (QED) is 0.130. The van der Waals surface area contributed by atoms with Gasteiger partial charge in [0, 0.05) is 45.1 Å². The fraction of sp³-hybridized carbons (Fsp3) is 0.387. The fourth-order valence-corrected chi connectivity index (χ4v) is 5.96. The molecule has 1 aliphatic heterocycles. The van der Waals surface area contributed by atoms with E-state index in [-0.39, 0.29) is 11.9 Å². The van der Waals surface area contributed by atoms with E-state index < -0.39 is 0 Å². The Balaban J connectivity index is 1.82. The first-order chi connectivity index (χ1) is 17.9. The van der Waals surface area contributed by atoms with Crippen LogP contribution in [-0.4, -0.2) is 25.7 Å². The summed E-state index contributed by atoms with van der Waals surface area (Å²) in [5.41, 5.74) is 5.76. The topological polar surface area (TPSA) is 38.8 Å². The van der Waals surface area contributed by atoms with Crippen LogP contribution < -0.4 is 9.64 Å². The van der Waals surface area contributed by atoms with Crippen molar-refractivity contribution in [3.63, 3.8) is 0 Å². The lowest BCUT2D eigenvalue weighted by atomic mass is 9.80. The molecule has 0 N–H and O–H groups in total. The molecule has 4 nitrogen and oxygen atoms in total. The first kappa shape index (κ1) is 27.7. The molecule has 0 aromatic heterocycles. The molecule has 196 valence electrons. The highest BCUT2D eigenvalue weighted by molar-refractivity contribution is 9.11. The number of rotatable bonds is 10. The van der Waals surface area contributed by atoms with Crippen LogP contribution >= 0.6 is 31.9 Å². The summed E-state index contributed by atoms with van der Waals surface area (Å²) >= 11 is 7.55. The minimum Gasteiger partial charge on any atom is -0.462 e. The summed E-state index contributed by atoms with van der Waals surface area (Å²) in [5, 5.41) is 0. The Hall–Kier alpha value is -2.31. The van der Waals surface area contributed by atoms with Gasteiger partial charge in [-0.15, -0.1) is 0 Å². The molecular weight excluding hydrogens is 594 g/mol. The SMILES string of the molecule is CCCCCCOC(=O)c1ccccc1C1c2cc(Br)c(C)cc2Oc2cc(N(CC)CC)c(Br)cc21. The zero-order valence-electron chi connectivity index (χ0n) is 22.1. The number of benzene rings is 3. The number of nitrogens with zero attached hydrogens (tertiary/aromatic N) is 1. The van der Waals surface area contributed by atoms with Crippen molar-refractivity contribution in [2.75, 3.05) is 24.6 Å². The second-order valence-corrected chi connectivity index (χ2v) is 11.2. The number of unbranched alkanes of at least 4 members (excludes halogenated alkanes) is 3. The van der Waals surface area contributed by atoms with Gasteiger partial charge >= 0.3 is 5.97 Å². The Kier molecular flexibility index (Phi) is 9.36. The predicted octanol–water partition coefficient (Wildman–Crippen LogP) is 9.39. The smallest absolute Gasteiger partial charge is 0.338 e. The van der Waals surface area contributed by atoms with E-state index in [1.165, 1.54) is 0 Å². The molecule has 0 saturated heterocycles. The van der Waals surface area contributed by atoms with Crippen LogP contribution in [-0.2, 0) is 4.74 Å². The maximum absolute atomic E-state index is 13.3. The van der Waals surface area contributed by atoms with E-state index in [1.54, 1.807) is 0 Å². The first-order valence-electron chi connectivity index (χ1n) is 13.2. The molecule has 0 radical (unpaired) electrons. The van der Waals surface area contributed by atoms with Gasteiger partial charge in [0.1, 0.15) is 11.5 Å². The van der Waals surface area contributed by atoms with Crippen LogP contribution in [0.25, 0.3) is 0 Å². The van der Waals surface area contributed by atoms with Crippen LogP contribution in [0.2, 0.25) is 0 Å². The largest absolute Gasteiger partial charge is 0.462 e. The molecule has 0 saturated carbocycles. The molecule has 3 aromatic carbocycles. The second-order valence-electron chi connectivity index (χ2n) is 9.47. The molecule has 3 aromatic rings. The molecule has 4 rings (SSSR count). The highest BCUT2D eigenvalue weighted by Crippen LogP contribution is 2.51. The molecule has 0 fully saturated rings. The molecule has 0 bridgehead atoms. The summed E-state index contributed by atoms with van der Waals surface area (Å²) in [6, 6.07) is 16.3. The third-order valence-corrected chi connectivity index (χ3v) is 8.53. The normalized spacial score (nSPS) is 13.9. The summed E-state index contributed by atoms with van der Waals surface area (Å²) in [4.78, 5) is 15.6. The van der Waals surface area contributed by atoms with Gasteiger partial charge in [-0.25, -0.2) is 4.79 Å². The molecule has 0 aliphatic carbocycles. The van der Waals surface area contributed by atoms with Crippen LogP contribution in [0, 0.1) is 6.92 Å². The number of ether oxygens (including phenoxy) is 2. The number of carbonyl (C=O) groups excluding carboxylic acids is 1. The Bertz CT molecular complexity index is 1270. The predicted molar refractivity (Wildman–Crippen MR) is 158 cm³/mol. The minimum absolute atomic E-state index is 0.179. The highest BCUT2D eigenvalue weighted by atomic mass is 79.9. The summed E-state index contributed by atoms with van der Waals surface area (Å²) in [6.07, 6.45) is 4.27. The third kappa shape index (κ3) is 5.91. The number of fused-ring (bicyclic) bond motifs is 2. The van der Waals surface area contributed by atoms with Crippen molar-refractivity contribution in [2.24, 2.45) is 0 Å². The summed E-state index contributed by atoms with van der Waals surface area (Å²) in [7, 11) is 0. The van der Waals surface area contributed by atoms with Gasteiger partial charge in [-0.2, -0.15) is 0 Å². The maximum atomic E-state index is 13.3. The number of esters is 1. The third-order valence-electron chi connectivity index (χ3n) is 7.04.